The first-order valence-electron chi connectivity index (χ1n) is 6.62. The smallest absolute Gasteiger partial charge is 0.340 e. The second-order valence-electron chi connectivity index (χ2n) is 4.54. The first-order valence-corrected chi connectivity index (χ1v) is 7.00. The van der Waals surface area contributed by atoms with Gasteiger partial charge in [-0.1, -0.05) is 29.8 Å². The van der Waals surface area contributed by atoms with E-state index in [9.17, 15) is 4.79 Å². The molecule has 0 saturated heterocycles. The molecular formula is C16H17ClN2O2. The molecule has 0 aliphatic heterocycles. The highest BCUT2D eigenvalue weighted by atomic mass is 35.5. The minimum absolute atomic E-state index is 0.305. The normalized spacial score (nSPS) is 10.2. The van der Waals surface area contributed by atoms with Crippen LogP contribution in [0.15, 0.2) is 36.4 Å². The van der Waals surface area contributed by atoms with E-state index in [1.165, 1.54) is 0 Å². The Morgan fingerprint density at radius 2 is 2.00 bits per heavy atom. The lowest BCUT2D eigenvalue weighted by Gasteiger charge is -2.15. The summed E-state index contributed by atoms with van der Waals surface area (Å²) in [6.07, 6.45) is 0. The number of hydrogen-bond donors (Lipinski definition) is 2. The SMILES string of the molecule is CCOC(=O)c1cccc(Nc2c(C)cccc2Cl)c1N. The summed E-state index contributed by atoms with van der Waals surface area (Å²) in [7, 11) is 0. The molecule has 0 radical (unpaired) electrons. The van der Waals surface area contributed by atoms with Gasteiger partial charge in [-0.15, -0.1) is 0 Å². The molecule has 3 N–H and O–H groups in total. The number of para-hydroxylation sites is 2. The Kier molecular flexibility index (Phi) is 4.70. The van der Waals surface area contributed by atoms with Crippen LogP contribution < -0.4 is 11.1 Å². The van der Waals surface area contributed by atoms with E-state index in [1.54, 1.807) is 31.2 Å². The molecule has 0 fully saturated rings. The second kappa shape index (κ2) is 6.50. The standard InChI is InChI=1S/C16H17ClN2O2/c1-3-21-16(20)11-7-5-9-13(14(11)18)19-15-10(2)6-4-8-12(15)17/h4-9,19H,3,18H2,1-2H3. The topological polar surface area (TPSA) is 64.3 Å². The fraction of sp³-hybridized carbons (Fsp3) is 0.188. The van der Waals surface area contributed by atoms with Crippen LogP contribution in [-0.4, -0.2) is 12.6 Å². The van der Waals surface area contributed by atoms with Crippen molar-refractivity contribution in [3.63, 3.8) is 0 Å². The number of nitrogen functional groups attached to an aromatic ring is 1. The van der Waals surface area contributed by atoms with Gasteiger partial charge in [0.2, 0.25) is 0 Å². The third-order valence-electron chi connectivity index (χ3n) is 3.08. The molecule has 0 aromatic heterocycles. The maximum atomic E-state index is 11.8. The van der Waals surface area contributed by atoms with Crippen LogP contribution in [0, 0.1) is 6.92 Å². The maximum absolute atomic E-state index is 11.8. The summed E-state index contributed by atoms with van der Waals surface area (Å²) in [6.45, 7) is 4.00. The fourth-order valence-corrected chi connectivity index (χ4v) is 2.25. The molecule has 2 rings (SSSR count). The van der Waals surface area contributed by atoms with Crippen molar-refractivity contribution in [2.45, 2.75) is 13.8 Å². The number of hydrogen-bond acceptors (Lipinski definition) is 4. The van der Waals surface area contributed by atoms with Gasteiger partial charge in [0, 0.05) is 0 Å². The first kappa shape index (κ1) is 15.2. The van der Waals surface area contributed by atoms with Crippen LogP contribution in [0.5, 0.6) is 0 Å². The molecule has 0 amide bonds. The highest BCUT2D eigenvalue weighted by Gasteiger charge is 2.14. The monoisotopic (exact) mass is 304 g/mol. The van der Waals surface area contributed by atoms with Crippen molar-refractivity contribution in [3.8, 4) is 0 Å². The van der Waals surface area contributed by atoms with E-state index >= 15 is 0 Å². The number of carbonyl (C=O) groups excluding carboxylic acids is 1. The van der Waals surface area contributed by atoms with Crippen molar-refractivity contribution in [1.82, 2.24) is 0 Å². The Bertz CT molecular complexity index is 651. The van der Waals surface area contributed by atoms with Crippen LogP contribution in [0.25, 0.3) is 0 Å². The van der Waals surface area contributed by atoms with Crippen LogP contribution in [0.1, 0.15) is 22.8 Å². The van der Waals surface area contributed by atoms with E-state index in [-0.39, 0.29) is 0 Å². The van der Waals surface area contributed by atoms with E-state index in [2.05, 4.69) is 5.32 Å². The number of carbonyl (C=O) groups is 1. The largest absolute Gasteiger partial charge is 0.462 e. The molecule has 2 aromatic rings. The Morgan fingerprint density at radius 1 is 1.29 bits per heavy atom. The van der Waals surface area contributed by atoms with Crippen molar-refractivity contribution >= 4 is 34.6 Å². The lowest BCUT2D eigenvalue weighted by atomic mass is 10.1. The van der Waals surface area contributed by atoms with Crippen molar-refractivity contribution in [1.29, 1.82) is 0 Å². The van der Waals surface area contributed by atoms with Crippen LogP contribution in [0.4, 0.5) is 17.1 Å². The molecule has 0 heterocycles. The van der Waals surface area contributed by atoms with Crippen molar-refractivity contribution in [2.24, 2.45) is 0 Å². The second-order valence-corrected chi connectivity index (χ2v) is 4.95. The minimum atomic E-state index is -0.436. The summed E-state index contributed by atoms with van der Waals surface area (Å²) >= 11 is 6.19. The molecule has 21 heavy (non-hydrogen) atoms. The summed E-state index contributed by atoms with van der Waals surface area (Å²) in [6, 6.07) is 10.8. The molecule has 0 aliphatic rings. The lowest BCUT2D eigenvalue weighted by Crippen LogP contribution is -2.09. The van der Waals surface area contributed by atoms with Gasteiger partial charge in [0.1, 0.15) is 0 Å². The number of aryl methyl sites for hydroxylation is 1. The highest BCUT2D eigenvalue weighted by molar-refractivity contribution is 6.33. The highest BCUT2D eigenvalue weighted by Crippen LogP contribution is 2.32. The summed E-state index contributed by atoms with van der Waals surface area (Å²) in [5, 5.41) is 3.77. The Hall–Kier alpha value is -2.20. The third kappa shape index (κ3) is 3.28. The Labute approximate surface area is 128 Å². The molecular weight excluding hydrogens is 288 g/mol. The van der Waals surface area contributed by atoms with Crippen LogP contribution in [-0.2, 0) is 4.74 Å². The van der Waals surface area contributed by atoms with Gasteiger partial charge in [-0.3, -0.25) is 0 Å². The van der Waals surface area contributed by atoms with E-state index in [1.807, 2.05) is 19.1 Å². The third-order valence-corrected chi connectivity index (χ3v) is 3.40. The number of rotatable bonds is 4. The Balaban J connectivity index is 2.37. The zero-order chi connectivity index (χ0) is 15.4. The zero-order valence-electron chi connectivity index (χ0n) is 11.9. The van der Waals surface area contributed by atoms with Crippen LogP contribution in [0.2, 0.25) is 5.02 Å². The van der Waals surface area contributed by atoms with Gasteiger partial charge < -0.3 is 15.8 Å². The average Bonchev–Trinajstić information content (AvgIpc) is 2.45. The molecule has 0 spiro atoms. The zero-order valence-corrected chi connectivity index (χ0v) is 12.7. The van der Waals surface area contributed by atoms with Crippen molar-refractivity contribution in [2.75, 3.05) is 17.7 Å². The van der Waals surface area contributed by atoms with Crippen molar-refractivity contribution < 1.29 is 9.53 Å². The number of anilines is 3. The van der Waals surface area contributed by atoms with E-state index < -0.39 is 5.97 Å². The molecule has 0 bridgehead atoms. The number of benzene rings is 2. The van der Waals surface area contributed by atoms with Crippen LogP contribution >= 0.6 is 11.6 Å². The molecule has 0 aliphatic carbocycles. The molecule has 0 atom stereocenters. The van der Waals surface area contributed by atoms with E-state index in [0.717, 1.165) is 11.3 Å². The lowest BCUT2D eigenvalue weighted by molar-refractivity contribution is 0.0527. The number of nitrogens with two attached hydrogens (primary N) is 1. The Morgan fingerprint density at radius 3 is 2.67 bits per heavy atom. The molecule has 5 heteroatoms. The van der Waals surface area contributed by atoms with Gasteiger partial charge in [0.15, 0.2) is 0 Å². The van der Waals surface area contributed by atoms with Crippen LogP contribution in [0.3, 0.4) is 0 Å². The van der Waals surface area contributed by atoms with E-state index in [4.69, 9.17) is 22.1 Å². The summed E-state index contributed by atoms with van der Waals surface area (Å²) in [5.41, 5.74) is 9.12. The van der Waals surface area contributed by atoms with Crippen molar-refractivity contribution in [3.05, 3.63) is 52.5 Å². The minimum Gasteiger partial charge on any atom is -0.462 e. The summed E-state index contributed by atoms with van der Waals surface area (Å²) in [4.78, 5) is 11.8. The molecule has 0 saturated carbocycles. The number of ether oxygens (including phenoxy) is 1. The van der Waals surface area contributed by atoms with Gasteiger partial charge >= 0.3 is 5.97 Å². The van der Waals surface area contributed by atoms with Gasteiger partial charge in [-0.2, -0.15) is 0 Å². The molecule has 2 aromatic carbocycles. The average molecular weight is 305 g/mol. The van der Waals surface area contributed by atoms with Gasteiger partial charge in [-0.25, -0.2) is 4.79 Å². The quantitative estimate of drug-likeness (QED) is 0.658. The summed E-state index contributed by atoms with van der Waals surface area (Å²) in [5.74, 6) is -0.436. The summed E-state index contributed by atoms with van der Waals surface area (Å²) < 4.78 is 4.99. The number of esters is 1. The molecule has 0 unspecified atom stereocenters. The fourth-order valence-electron chi connectivity index (χ4n) is 1.99. The molecule has 4 nitrogen and oxygen atoms in total. The predicted molar refractivity (Wildman–Crippen MR) is 86.3 cm³/mol. The van der Waals surface area contributed by atoms with Gasteiger partial charge in [-0.05, 0) is 37.6 Å². The van der Waals surface area contributed by atoms with Gasteiger partial charge in [0.05, 0.1) is 34.3 Å². The number of nitrogens with one attached hydrogen (secondary N) is 1. The van der Waals surface area contributed by atoms with Gasteiger partial charge in [0.25, 0.3) is 0 Å². The first-order chi connectivity index (χ1) is 10.0. The maximum Gasteiger partial charge on any atom is 0.340 e. The molecule has 110 valence electrons. The van der Waals surface area contributed by atoms with E-state index in [0.29, 0.717) is 28.6 Å². The number of halogens is 1. The predicted octanol–water partition coefficient (Wildman–Crippen LogP) is 4.15.